The summed E-state index contributed by atoms with van der Waals surface area (Å²) in [6, 6.07) is 36.3. The zero-order chi connectivity index (χ0) is 23.0. The molecule has 0 spiro atoms. The second-order valence-corrected chi connectivity index (χ2v) is 11.9. The molecule has 0 aliphatic rings. The average molecular weight is 461 g/mol. The Morgan fingerprint density at radius 3 is 1.31 bits per heavy atom. The van der Waals surface area contributed by atoms with E-state index >= 15 is 0 Å². The molecule has 0 heterocycles. The van der Waals surface area contributed by atoms with Crippen LogP contribution in [0.25, 0.3) is 0 Å². The van der Waals surface area contributed by atoms with E-state index in [1.54, 1.807) is 0 Å². The highest BCUT2D eigenvalue weighted by Gasteiger charge is 2.43. The second kappa shape index (κ2) is 11.3. The molecule has 3 heteroatoms. The average Bonchev–Trinajstić information content (AvgIpc) is 2.83. The maximum atomic E-state index is 10.8. The Labute approximate surface area is 198 Å². The van der Waals surface area contributed by atoms with Gasteiger partial charge in [0.05, 0.1) is 6.16 Å². The van der Waals surface area contributed by atoms with Gasteiger partial charge in [0.25, 0.3) is 0 Å². The van der Waals surface area contributed by atoms with Crippen LogP contribution in [0.15, 0.2) is 103 Å². The van der Waals surface area contributed by atoms with E-state index in [-0.39, 0.29) is 5.75 Å². The lowest BCUT2D eigenvalue weighted by molar-refractivity contribution is -0.268. The van der Waals surface area contributed by atoms with Crippen LogP contribution in [0.4, 0.5) is 0 Å². The van der Waals surface area contributed by atoms with Crippen LogP contribution in [-0.4, -0.2) is 6.16 Å². The second-order valence-electron chi connectivity index (χ2n) is 7.91. The fourth-order valence-corrected chi connectivity index (χ4v) is 8.62. The number of hydrogen-bond donors (Lipinski definition) is 0. The minimum absolute atomic E-state index is 0.0272. The molecular weight excluding hydrogens is 431 g/mol. The summed E-state index contributed by atoms with van der Waals surface area (Å²) in [7, 11) is -1.55. The first-order chi connectivity index (χ1) is 15.5. The molecule has 1 nitrogen and oxygen atoms in total. The number of hydrogen-bond acceptors (Lipinski definition) is 1. The zero-order valence-corrected chi connectivity index (χ0v) is 20.6. The van der Waals surface area contributed by atoms with Gasteiger partial charge in [0, 0.05) is 5.02 Å². The predicted molar refractivity (Wildman–Crippen MR) is 141 cm³/mol. The third-order valence-corrected chi connectivity index (χ3v) is 10.8. The van der Waals surface area contributed by atoms with E-state index in [1.165, 1.54) is 40.6 Å². The van der Waals surface area contributed by atoms with Crippen molar-refractivity contribution in [3.05, 3.63) is 119 Å². The fourth-order valence-electron chi connectivity index (χ4n) is 4.12. The molecule has 0 aromatic heterocycles. The minimum Gasteiger partial charge on any atom is -0.872 e. The number of rotatable bonds is 5. The highest BCUT2D eigenvalue weighted by molar-refractivity contribution is 7.95. The van der Waals surface area contributed by atoms with Crippen molar-refractivity contribution in [1.29, 1.82) is 0 Å². The maximum Gasteiger partial charge on any atom is 0.112 e. The first-order valence-electron chi connectivity index (χ1n) is 11.0. The third-order valence-electron chi connectivity index (χ3n) is 5.56. The molecule has 0 atom stereocenters. The summed E-state index contributed by atoms with van der Waals surface area (Å²) in [5.74, 6) is 0.0272. The van der Waals surface area contributed by atoms with Crippen molar-refractivity contribution in [2.75, 3.05) is 6.16 Å². The van der Waals surface area contributed by atoms with Gasteiger partial charge < -0.3 is 5.11 Å². The molecule has 4 rings (SSSR count). The lowest BCUT2D eigenvalue weighted by Gasteiger charge is -2.27. The van der Waals surface area contributed by atoms with Gasteiger partial charge in [-0.25, -0.2) is 0 Å². The largest absolute Gasteiger partial charge is 0.872 e. The van der Waals surface area contributed by atoms with Crippen LogP contribution in [0.2, 0.25) is 5.02 Å². The molecule has 4 aromatic carbocycles. The summed E-state index contributed by atoms with van der Waals surface area (Å²) in [5.41, 5.74) is 1.71. The van der Waals surface area contributed by atoms with E-state index < -0.39 is 7.26 Å². The van der Waals surface area contributed by atoms with Gasteiger partial charge >= 0.3 is 0 Å². The van der Waals surface area contributed by atoms with Crippen LogP contribution in [0, 0.1) is 13.8 Å². The van der Waals surface area contributed by atoms with Gasteiger partial charge in [-0.05, 0) is 67.8 Å². The molecule has 0 bridgehead atoms. The van der Waals surface area contributed by atoms with Crippen LogP contribution in [0.1, 0.15) is 24.5 Å². The highest BCUT2D eigenvalue weighted by Crippen LogP contribution is 2.55. The Hall–Kier alpha value is -2.60. The van der Waals surface area contributed by atoms with E-state index in [4.69, 9.17) is 11.6 Å². The van der Waals surface area contributed by atoms with Gasteiger partial charge in [0.1, 0.15) is 23.2 Å². The molecule has 4 aromatic rings. The van der Waals surface area contributed by atoms with Gasteiger partial charge in [-0.1, -0.05) is 85.3 Å². The number of halogens is 1. The summed E-state index contributed by atoms with van der Waals surface area (Å²) in [5, 5.41) is 15.9. The highest BCUT2D eigenvalue weighted by atomic mass is 35.5. The Balaban J connectivity index is 0.000000243. The van der Waals surface area contributed by atoms with Crippen LogP contribution in [0.3, 0.4) is 0 Å². The van der Waals surface area contributed by atoms with Crippen molar-refractivity contribution < 1.29 is 5.11 Å². The minimum atomic E-state index is -1.55. The lowest BCUT2D eigenvalue weighted by atomic mass is 10.1. The molecule has 0 unspecified atom stereocenters. The summed E-state index contributed by atoms with van der Waals surface area (Å²) in [4.78, 5) is 0. The SMILES string of the molecule is CCC[P+](c1ccccc1)(c1ccccc1)c1ccccc1.Cc1cc([O-])cc(C)c1Cl. The van der Waals surface area contributed by atoms with Crippen LogP contribution in [0.5, 0.6) is 5.75 Å². The van der Waals surface area contributed by atoms with Crippen molar-refractivity contribution in [2.24, 2.45) is 0 Å². The summed E-state index contributed by atoms with van der Waals surface area (Å²) in [6.45, 7) is 5.96. The Kier molecular flexibility index (Phi) is 8.51. The van der Waals surface area contributed by atoms with E-state index in [2.05, 4.69) is 97.9 Å². The fraction of sp³-hybridized carbons (Fsp3) is 0.172. The van der Waals surface area contributed by atoms with Crippen molar-refractivity contribution in [3.63, 3.8) is 0 Å². The molecule has 0 aliphatic heterocycles. The smallest absolute Gasteiger partial charge is 0.112 e. The number of benzene rings is 4. The van der Waals surface area contributed by atoms with Gasteiger partial charge in [-0.15, -0.1) is 5.75 Å². The molecule has 0 radical (unpaired) electrons. The van der Waals surface area contributed by atoms with Gasteiger partial charge in [0.15, 0.2) is 0 Å². The van der Waals surface area contributed by atoms with Crippen molar-refractivity contribution in [2.45, 2.75) is 27.2 Å². The lowest BCUT2D eigenvalue weighted by Crippen LogP contribution is -2.33. The van der Waals surface area contributed by atoms with E-state index in [0.717, 1.165) is 11.1 Å². The molecule has 0 saturated heterocycles. The Bertz CT molecular complexity index is 992. The van der Waals surface area contributed by atoms with Crippen LogP contribution in [-0.2, 0) is 0 Å². The molecule has 0 amide bonds. The molecule has 164 valence electrons. The predicted octanol–water partition coefficient (Wildman–Crippen LogP) is 6.42. The topological polar surface area (TPSA) is 23.1 Å². The normalized spacial score (nSPS) is 10.9. The van der Waals surface area contributed by atoms with Crippen molar-refractivity contribution in [1.82, 2.24) is 0 Å². The summed E-state index contributed by atoms with van der Waals surface area (Å²) < 4.78 is 0. The molecule has 0 saturated carbocycles. The molecule has 32 heavy (non-hydrogen) atoms. The molecule has 0 N–H and O–H groups in total. The molecular formula is C29H30ClOP. The Morgan fingerprint density at radius 2 is 1.00 bits per heavy atom. The molecule has 0 aliphatic carbocycles. The monoisotopic (exact) mass is 460 g/mol. The molecule has 0 fully saturated rings. The third kappa shape index (κ3) is 5.41. The van der Waals surface area contributed by atoms with E-state index in [1.807, 2.05) is 13.8 Å². The van der Waals surface area contributed by atoms with E-state index in [9.17, 15) is 5.11 Å². The zero-order valence-electron chi connectivity index (χ0n) is 19.0. The first-order valence-corrected chi connectivity index (χ1v) is 13.3. The number of aryl methyl sites for hydroxylation is 2. The van der Waals surface area contributed by atoms with Gasteiger partial charge in [0.2, 0.25) is 0 Å². The van der Waals surface area contributed by atoms with Crippen LogP contribution < -0.4 is 21.0 Å². The summed E-state index contributed by atoms with van der Waals surface area (Å²) in [6.07, 6.45) is 2.40. The Morgan fingerprint density at radius 1 is 0.656 bits per heavy atom. The van der Waals surface area contributed by atoms with E-state index in [0.29, 0.717) is 5.02 Å². The first kappa shape index (κ1) is 24.1. The van der Waals surface area contributed by atoms with Gasteiger partial charge in [-0.2, -0.15) is 0 Å². The van der Waals surface area contributed by atoms with Gasteiger partial charge in [-0.3, -0.25) is 0 Å². The van der Waals surface area contributed by atoms with Crippen LogP contribution >= 0.6 is 18.9 Å². The summed E-state index contributed by atoms with van der Waals surface area (Å²) >= 11 is 5.81. The quantitative estimate of drug-likeness (QED) is 0.315. The van der Waals surface area contributed by atoms with Crippen molar-refractivity contribution >= 4 is 34.8 Å². The standard InChI is InChI=1S/C21H22P.C8H9ClO/c1-2-18-22(19-12-6-3-7-13-19,20-14-8-4-9-15-20)21-16-10-5-11-17-21;1-5-3-7(10)4-6(2)8(5)9/h3-17H,2,18H2,1H3;3-4,10H,1-2H3/q+1;/p-1. The maximum absolute atomic E-state index is 10.8. The van der Waals surface area contributed by atoms with Crippen molar-refractivity contribution in [3.8, 4) is 5.75 Å².